The quantitative estimate of drug-likeness (QED) is 0.816. The molecular formula is C17H28N2O2. The average Bonchev–Trinajstić information content (AvgIpc) is 2.47. The van der Waals surface area contributed by atoms with Crippen molar-refractivity contribution >= 4 is 5.69 Å². The lowest BCUT2D eigenvalue weighted by atomic mass is 10.1. The van der Waals surface area contributed by atoms with Gasteiger partial charge in [-0.25, -0.2) is 0 Å². The molecule has 0 saturated carbocycles. The van der Waals surface area contributed by atoms with Crippen molar-refractivity contribution in [2.24, 2.45) is 0 Å². The molecule has 1 heterocycles. The zero-order chi connectivity index (χ0) is 15.2. The van der Waals surface area contributed by atoms with Crippen LogP contribution in [-0.4, -0.2) is 45.6 Å². The molecule has 0 aliphatic carbocycles. The van der Waals surface area contributed by atoms with Crippen LogP contribution in [0.1, 0.15) is 25.0 Å². The highest BCUT2D eigenvalue weighted by molar-refractivity contribution is 5.56. The summed E-state index contributed by atoms with van der Waals surface area (Å²) in [6, 6.07) is 7.14. The lowest BCUT2D eigenvalue weighted by Gasteiger charge is -2.39. The van der Waals surface area contributed by atoms with Crippen LogP contribution in [0.25, 0.3) is 0 Å². The van der Waals surface area contributed by atoms with Crippen molar-refractivity contribution in [3.63, 3.8) is 0 Å². The summed E-state index contributed by atoms with van der Waals surface area (Å²) in [5.74, 6) is 0. The molecule has 1 fully saturated rings. The van der Waals surface area contributed by atoms with E-state index in [1.165, 1.54) is 16.8 Å². The highest BCUT2D eigenvalue weighted by Crippen LogP contribution is 2.26. The molecular weight excluding hydrogens is 264 g/mol. The maximum atomic E-state index is 5.74. The minimum absolute atomic E-state index is 0.289. The fraction of sp³-hybridized carbons (Fsp3) is 0.647. The predicted octanol–water partition coefficient (Wildman–Crippen LogP) is 2.34. The van der Waals surface area contributed by atoms with Crippen molar-refractivity contribution < 1.29 is 9.47 Å². The zero-order valence-electron chi connectivity index (χ0n) is 13.7. The maximum Gasteiger partial charge on any atom is 0.0723 e. The van der Waals surface area contributed by atoms with E-state index < -0.39 is 0 Å². The molecule has 2 unspecified atom stereocenters. The molecule has 2 atom stereocenters. The van der Waals surface area contributed by atoms with Crippen LogP contribution in [0.5, 0.6) is 0 Å². The Morgan fingerprint density at radius 1 is 1.38 bits per heavy atom. The van der Waals surface area contributed by atoms with E-state index in [1.54, 1.807) is 7.11 Å². The van der Waals surface area contributed by atoms with Gasteiger partial charge in [0, 0.05) is 38.5 Å². The van der Waals surface area contributed by atoms with Crippen LogP contribution < -0.4 is 10.2 Å². The molecule has 0 bridgehead atoms. The van der Waals surface area contributed by atoms with Gasteiger partial charge in [0.1, 0.15) is 0 Å². The highest BCUT2D eigenvalue weighted by Gasteiger charge is 2.25. The van der Waals surface area contributed by atoms with E-state index in [-0.39, 0.29) is 6.10 Å². The van der Waals surface area contributed by atoms with Crippen molar-refractivity contribution in [1.29, 1.82) is 0 Å². The van der Waals surface area contributed by atoms with Gasteiger partial charge in [0.15, 0.2) is 0 Å². The molecule has 118 valence electrons. The molecule has 0 spiro atoms. The summed E-state index contributed by atoms with van der Waals surface area (Å²) < 4.78 is 10.8. The number of anilines is 1. The minimum Gasteiger partial charge on any atom is -0.383 e. The number of ether oxygens (including phenoxy) is 2. The third-order valence-electron chi connectivity index (χ3n) is 3.95. The second-order valence-electron chi connectivity index (χ2n) is 5.95. The van der Waals surface area contributed by atoms with Crippen LogP contribution in [0.15, 0.2) is 18.2 Å². The summed E-state index contributed by atoms with van der Waals surface area (Å²) in [6.07, 6.45) is 0.289. The summed E-state index contributed by atoms with van der Waals surface area (Å²) in [4.78, 5) is 2.47. The number of aryl methyl sites for hydroxylation is 1. The Kier molecular flexibility index (Phi) is 6.03. The van der Waals surface area contributed by atoms with Gasteiger partial charge in [0.05, 0.1) is 19.3 Å². The van der Waals surface area contributed by atoms with Crippen LogP contribution in [-0.2, 0) is 16.0 Å². The summed E-state index contributed by atoms with van der Waals surface area (Å²) in [7, 11) is 1.73. The number of rotatable bonds is 6. The van der Waals surface area contributed by atoms with Crippen LogP contribution >= 0.6 is 0 Å². The molecule has 0 amide bonds. The number of nitrogens with zero attached hydrogens (tertiary/aromatic N) is 1. The normalized spacial score (nSPS) is 22.6. The third-order valence-corrected chi connectivity index (χ3v) is 3.95. The summed E-state index contributed by atoms with van der Waals surface area (Å²) in [6.45, 7) is 10.8. The summed E-state index contributed by atoms with van der Waals surface area (Å²) in [5, 5.41) is 3.45. The van der Waals surface area contributed by atoms with Gasteiger partial charge in [-0.1, -0.05) is 17.7 Å². The molecule has 0 radical (unpaired) electrons. The molecule has 4 nitrogen and oxygen atoms in total. The van der Waals surface area contributed by atoms with Gasteiger partial charge < -0.3 is 19.7 Å². The molecule has 1 aliphatic rings. The Labute approximate surface area is 128 Å². The van der Waals surface area contributed by atoms with E-state index in [2.05, 4.69) is 49.2 Å². The molecule has 1 N–H and O–H groups in total. The Hall–Kier alpha value is -1.10. The Bertz CT molecular complexity index is 450. The standard InChI is InChI=1S/C17H28N2O2/c1-13-5-6-17(16(9-13)10-18-7-8-20-4)19-11-15(3)21-12-14(19)2/h5-6,9,14-15,18H,7-8,10-12H2,1-4H3. The van der Waals surface area contributed by atoms with E-state index in [4.69, 9.17) is 9.47 Å². The Balaban J connectivity index is 2.13. The van der Waals surface area contributed by atoms with E-state index in [1.807, 2.05) is 0 Å². The van der Waals surface area contributed by atoms with Gasteiger partial charge in [-0.2, -0.15) is 0 Å². The first-order valence-corrected chi connectivity index (χ1v) is 7.79. The number of methoxy groups -OCH3 is 1. The van der Waals surface area contributed by atoms with Gasteiger partial charge in [-0.05, 0) is 32.4 Å². The van der Waals surface area contributed by atoms with Gasteiger partial charge in [0.2, 0.25) is 0 Å². The van der Waals surface area contributed by atoms with E-state index in [0.717, 1.165) is 32.8 Å². The van der Waals surface area contributed by atoms with Gasteiger partial charge >= 0.3 is 0 Å². The highest BCUT2D eigenvalue weighted by atomic mass is 16.5. The molecule has 1 saturated heterocycles. The second-order valence-corrected chi connectivity index (χ2v) is 5.95. The van der Waals surface area contributed by atoms with Crippen molar-refractivity contribution in [3.8, 4) is 0 Å². The molecule has 21 heavy (non-hydrogen) atoms. The zero-order valence-corrected chi connectivity index (χ0v) is 13.7. The van der Waals surface area contributed by atoms with Crippen LogP contribution in [0.3, 0.4) is 0 Å². The van der Waals surface area contributed by atoms with E-state index in [9.17, 15) is 0 Å². The van der Waals surface area contributed by atoms with Crippen molar-refractivity contribution in [2.75, 3.05) is 38.3 Å². The van der Waals surface area contributed by atoms with E-state index >= 15 is 0 Å². The van der Waals surface area contributed by atoms with Crippen LogP contribution in [0.2, 0.25) is 0 Å². The smallest absolute Gasteiger partial charge is 0.0723 e. The fourth-order valence-electron chi connectivity index (χ4n) is 2.77. The maximum absolute atomic E-state index is 5.74. The average molecular weight is 292 g/mol. The summed E-state index contributed by atoms with van der Waals surface area (Å²) in [5.41, 5.74) is 3.98. The van der Waals surface area contributed by atoms with Gasteiger partial charge in [0.25, 0.3) is 0 Å². The third kappa shape index (κ3) is 4.43. The first kappa shape index (κ1) is 16.3. The molecule has 1 aromatic rings. The predicted molar refractivity (Wildman–Crippen MR) is 87.0 cm³/mol. The largest absolute Gasteiger partial charge is 0.383 e. The van der Waals surface area contributed by atoms with Gasteiger partial charge in [-0.3, -0.25) is 0 Å². The number of hydrogen-bond acceptors (Lipinski definition) is 4. The lowest BCUT2D eigenvalue weighted by molar-refractivity contribution is 0.0343. The fourth-order valence-corrected chi connectivity index (χ4v) is 2.77. The molecule has 4 heteroatoms. The van der Waals surface area contributed by atoms with Gasteiger partial charge in [-0.15, -0.1) is 0 Å². The first-order valence-electron chi connectivity index (χ1n) is 7.79. The van der Waals surface area contributed by atoms with Crippen molar-refractivity contribution in [2.45, 2.75) is 39.5 Å². The number of benzene rings is 1. The van der Waals surface area contributed by atoms with Crippen molar-refractivity contribution in [1.82, 2.24) is 5.32 Å². The monoisotopic (exact) mass is 292 g/mol. The minimum atomic E-state index is 0.289. The molecule has 2 rings (SSSR count). The first-order chi connectivity index (χ1) is 10.1. The topological polar surface area (TPSA) is 33.7 Å². The van der Waals surface area contributed by atoms with Crippen LogP contribution in [0.4, 0.5) is 5.69 Å². The van der Waals surface area contributed by atoms with E-state index in [0.29, 0.717) is 6.04 Å². The summed E-state index contributed by atoms with van der Waals surface area (Å²) >= 11 is 0. The van der Waals surface area contributed by atoms with Crippen molar-refractivity contribution in [3.05, 3.63) is 29.3 Å². The number of hydrogen-bond donors (Lipinski definition) is 1. The Morgan fingerprint density at radius 3 is 2.95 bits per heavy atom. The SMILES string of the molecule is COCCNCc1cc(C)ccc1N1CC(C)OCC1C. The molecule has 1 aromatic carbocycles. The molecule has 1 aliphatic heterocycles. The Morgan fingerprint density at radius 2 is 2.19 bits per heavy atom. The molecule has 0 aromatic heterocycles. The second kappa shape index (κ2) is 7.78. The van der Waals surface area contributed by atoms with Crippen LogP contribution in [0, 0.1) is 6.92 Å². The number of morpholine rings is 1. The number of nitrogens with one attached hydrogen (secondary N) is 1. The lowest BCUT2D eigenvalue weighted by Crippen LogP contribution is -2.48.